The first-order valence-electron chi connectivity index (χ1n) is 6.44. The highest BCUT2D eigenvalue weighted by Gasteiger charge is 2.17. The summed E-state index contributed by atoms with van der Waals surface area (Å²) < 4.78 is 3.10. The molecule has 0 aromatic carbocycles. The Hall–Kier alpha value is -1.20. The summed E-state index contributed by atoms with van der Waals surface area (Å²) in [6.07, 6.45) is 5.49. The maximum Gasteiger partial charge on any atom is 0.0766 e. The highest BCUT2D eigenvalue weighted by atomic mass is 79.9. The number of pyridine rings is 1. The number of nitrogens with one attached hydrogen (secondary N) is 1. The largest absolute Gasteiger partial charge is 0.313 e. The number of aromatic nitrogens is 3. The Balaban J connectivity index is 2.26. The Morgan fingerprint density at radius 2 is 2.05 bits per heavy atom. The van der Waals surface area contributed by atoms with Crippen molar-refractivity contribution in [1.82, 2.24) is 20.1 Å². The SMILES string of the molecule is CCc1nn(C)c(CC(NC)c2ccncc2)c1Br. The topological polar surface area (TPSA) is 42.7 Å². The molecule has 2 rings (SSSR count). The first kappa shape index (κ1) is 14.2. The molecule has 5 heteroatoms. The molecular formula is C14H19BrN4. The van der Waals surface area contributed by atoms with Crippen LogP contribution in [0.1, 0.15) is 29.9 Å². The van der Waals surface area contributed by atoms with Gasteiger partial charge in [0, 0.05) is 31.9 Å². The molecule has 0 bridgehead atoms. The number of aryl methyl sites for hydroxylation is 2. The maximum absolute atomic E-state index is 4.54. The van der Waals surface area contributed by atoms with E-state index in [9.17, 15) is 0 Å². The van der Waals surface area contributed by atoms with Gasteiger partial charge >= 0.3 is 0 Å². The van der Waals surface area contributed by atoms with E-state index in [1.54, 1.807) is 0 Å². The van der Waals surface area contributed by atoms with Crippen LogP contribution in [0.4, 0.5) is 0 Å². The van der Waals surface area contributed by atoms with Crippen molar-refractivity contribution in [3.05, 3.63) is 46.0 Å². The summed E-state index contributed by atoms with van der Waals surface area (Å²) in [5.41, 5.74) is 3.57. The lowest BCUT2D eigenvalue weighted by atomic mass is 10.0. The van der Waals surface area contributed by atoms with E-state index in [-0.39, 0.29) is 6.04 Å². The van der Waals surface area contributed by atoms with Crippen molar-refractivity contribution in [2.45, 2.75) is 25.8 Å². The van der Waals surface area contributed by atoms with Crippen LogP contribution in [0.25, 0.3) is 0 Å². The van der Waals surface area contributed by atoms with Crippen LogP contribution in [-0.4, -0.2) is 21.8 Å². The first-order valence-corrected chi connectivity index (χ1v) is 7.24. The molecule has 0 amide bonds. The molecular weight excluding hydrogens is 304 g/mol. The van der Waals surface area contributed by atoms with Crippen molar-refractivity contribution < 1.29 is 0 Å². The van der Waals surface area contributed by atoms with Gasteiger partial charge in [-0.25, -0.2) is 0 Å². The van der Waals surface area contributed by atoms with Crippen molar-refractivity contribution in [3.8, 4) is 0 Å². The average Bonchev–Trinajstić information content (AvgIpc) is 2.72. The lowest BCUT2D eigenvalue weighted by Gasteiger charge is -2.16. The fourth-order valence-corrected chi connectivity index (χ4v) is 3.00. The maximum atomic E-state index is 4.54. The third-order valence-corrected chi connectivity index (χ3v) is 4.27. The second-order valence-electron chi connectivity index (χ2n) is 4.51. The van der Waals surface area contributed by atoms with Gasteiger partial charge < -0.3 is 5.32 Å². The molecule has 1 N–H and O–H groups in total. The van der Waals surface area contributed by atoms with E-state index in [1.165, 1.54) is 11.3 Å². The summed E-state index contributed by atoms with van der Waals surface area (Å²) >= 11 is 3.67. The molecule has 0 spiro atoms. The highest BCUT2D eigenvalue weighted by Crippen LogP contribution is 2.26. The molecule has 102 valence electrons. The summed E-state index contributed by atoms with van der Waals surface area (Å²) in [5, 5.41) is 7.90. The first-order chi connectivity index (χ1) is 9.17. The summed E-state index contributed by atoms with van der Waals surface area (Å²) in [5.74, 6) is 0. The molecule has 0 saturated carbocycles. The predicted molar refractivity (Wildman–Crippen MR) is 80.0 cm³/mol. The number of hydrogen-bond acceptors (Lipinski definition) is 3. The molecule has 0 aliphatic heterocycles. The van der Waals surface area contributed by atoms with Crippen LogP contribution < -0.4 is 5.32 Å². The zero-order valence-corrected chi connectivity index (χ0v) is 13.1. The molecule has 2 heterocycles. The van der Waals surface area contributed by atoms with Gasteiger partial charge in [-0.3, -0.25) is 9.67 Å². The van der Waals surface area contributed by atoms with Crippen molar-refractivity contribution in [2.24, 2.45) is 7.05 Å². The number of hydrogen-bond donors (Lipinski definition) is 1. The third-order valence-electron chi connectivity index (χ3n) is 3.36. The zero-order valence-electron chi connectivity index (χ0n) is 11.5. The van der Waals surface area contributed by atoms with Gasteiger partial charge in [-0.1, -0.05) is 6.92 Å². The van der Waals surface area contributed by atoms with Gasteiger partial charge in [-0.15, -0.1) is 0 Å². The van der Waals surface area contributed by atoms with Crippen molar-refractivity contribution in [1.29, 1.82) is 0 Å². The number of halogens is 1. The van der Waals surface area contributed by atoms with E-state index >= 15 is 0 Å². The monoisotopic (exact) mass is 322 g/mol. The van der Waals surface area contributed by atoms with Gasteiger partial charge in [0.25, 0.3) is 0 Å². The fourth-order valence-electron chi connectivity index (χ4n) is 2.22. The van der Waals surface area contributed by atoms with E-state index in [2.05, 4.69) is 38.3 Å². The highest BCUT2D eigenvalue weighted by molar-refractivity contribution is 9.10. The molecule has 4 nitrogen and oxygen atoms in total. The Morgan fingerprint density at radius 1 is 1.37 bits per heavy atom. The average molecular weight is 323 g/mol. The molecule has 0 saturated heterocycles. The second kappa shape index (κ2) is 6.30. The standard InChI is InChI=1S/C14H19BrN4/c1-4-11-14(15)13(19(3)18-11)9-12(16-2)10-5-7-17-8-6-10/h5-8,12,16H,4,9H2,1-3H3. The van der Waals surface area contributed by atoms with Gasteiger partial charge in [0.2, 0.25) is 0 Å². The second-order valence-corrected chi connectivity index (χ2v) is 5.30. The predicted octanol–water partition coefficient (Wildman–Crippen LogP) is 2.64. The van der Waals surface area contributed by atoms with Crippen LogP contribution in [-0.2, 0) is 19.9 Å². The molecule has 1 atom stereocenters. The van der Waals surface area contributed by atoms with E-state index in [1.807, 2.05) is 43.3 Å². The minimum absolute atomic E-state index is 0.263. The van der Waals surface area contributed by atoms with E-state index < -0.39 is 0 Å². The van der Waals surface area contributed by atoms with E-state index in [0.717, 1.165) is 23.0 Å². The Bertz CT molecular complexity index is 536. The van der Waals surface area contributed by atoms with Crippen molar-refractivity contribution in [2.75, 3.05) is 7.05 Å². The molecule has 2 aromatic heterocycles. The number of rotatable bonds is 5. The van der Waals surface area contributed by atoms with Crippen molar-refractivity contribution in [3.63, 3.8) is 0 Å². The lowest BCUT2D eigenvalue weighted by Crippen LogP contribution is -2.20. The fraction of sp³-hybridized carbons (Fsp3) is 0.429. The normalized spacial score (nSPS) is 12.6. The summed E-state index contributed by atoms with van der Waals surface area (Å²) in [7, 11) is 3.98. The van der Waals surface area contributed by atoms with Crippen LogP contribution in [0, 0.1) is 0 Å². The third kappa shape index (κ3) is 3.04. The summed E-state index contributed by atoms with van der Waals surface area (Å²) in [6, 6.07) is 4.36. The van der Waals surface area contributed by atoms with Gasteiger partial charge in [0.1, 0.15) is 0 Å². The quantitative estimate of drug-likeness (QED) is 0.920. The lowest BCUT2D eigenvalue weighted by molar-refractivity contribution is 0.559. The van der Waals surface area contributed by atoms with Gasteiger partial charge in [-0.2, -0.15) is 5.10 Å². The van der Waals surface area contributed by atoms with E-state index in [0.29, 0.717) is 0 Å². The zero-order chi connectivity index (χ0) is 13.8. The summed E-state index contributed by atoms with van der Waals surface area (Å²) in [4.78, 5) is 4.07. The Morgan fingerprint density at radius 3 is 2.58 bits per heavy atom. The minimum Gasteiger partial charge on any atom is -0.313 e. The van der Waals surface area contributed by atoms with Crippen LogP contribution in [0.3, 0.4) is 0 Å². The minimum atomic E-state index is 0.263. The smallest absolute Gasteiger partial charge is 0.0766 e. The molecule has 0 aliphatic rings. The molecule has 1 unspecified atom stereocenters. The number of likely N-dealkylation sites (N-methyl/N-ethyl adjacent to an activating group) is 1. The molecule has 19 heavy (non-hydrogen) atoms. The van der Waals surface area contributed by atoms with Crippen LogP contribution in [0.5, 0.6) is 0 Å². The van der Waals surface area contributed by atoms with Gasteiger partial charge in [0.15, 0.2) is 0 Å². The van der Waals surface area contributed by atoms with Gasteiger partial charge in [-0.05, 0) is 47.1 Å². The van der Waals surface area contributed by atoms with Crippen LogP contribution in [0.15, 0.2) is 29.0 Å². The molecule has 0 fully saturated rings. The van der Waals surface area contributed by atoms with Crippen molar-refractivity contribution >= 4 is 15.9 Å². The van der Waals surface area contributed by atoms with Gasteiger partial charge in [0.05, 0.1) is 15.9 Å². The summed E-state index contributed by atoms with van der Waals surface area (Å²) in [6.45, 7) is 2.12. The van der Waals surface area contributed by atoms with Crippen LogP contribution >= 0.6 is 15.9 Å². The Kier molecular flexibility index (Phi) is 4.71. The molecule has 0 aliphatic carbocycles. The Labute approximate surface area is 122 Å². The molecule has 2 aromatic rings. The molecule has 0 radical (unpaired) electrons. The van der Waals surface area contributed by atoms with Crippen LogP contribution in [0.2, 0.25) is 0 Å². The number of nitrogens with zero attached hydrogens (tertiary/aromatic N) is 3. The van der Waals surface area contributed by atoms with E-state index in [4.69, 9.17) is 0 Å².